The van der Waals surface area contributed by atoms with Crippen molar-refractivity contribution in [3.05, 3.63) is 69.0 Å². The maximum absolute atomic E-state index is 13.4. The van der Waals surface area contributed by atoms with E-state index in [0.29, 0.717) is 17.5 Å². The van der Waals surface area contributed by atoms with E-state index in [1.54, 1.807) is 13.0 Å². The van der Waals surface area contributed by atoms with Gasteiger partial charge in [-0.25, -0.2) is 4.39 Å². The van der Waals surface area contributed by atoms with Gasteiger partial charge in [0.1, 0.15) is 5.82 Å². The summed E-state index contributed by atoms with van der Waals surface area (Å²) in [7, 11) is 0. The Bertz CT molecular complexity index is 637. The number of hydrogen-bond acceptors (Lipinski definition) is 1. The molecule has 1 unspecified atom stereocenters. The first-order chi connectivity index (χ1) is 9.38. The van der Waals surface area contributed by atoms with E-state index in [2.05, 4.69) is 6.07 Å². The normalized spacial score (nSPS) is 12.5. The molecule has 0 saturated heterocycles. The van der Waals surface area contributed by atoms with Gasteiger partial charge in [0.05, 0.1) is 6.10 Å². The number of aryl methyl sites for hydroxylation is 3. The van der Waals surface area contributed by atoms with Crippen molar-refractivity contribution in [3.63, 3.8) is 0 Å². The lowest BCUT2D eigenvalue weighted by atomic mass is 9.96. The Morgan fingerprint density at radius 1 is 1.10 bits per heavy atom. The number of aliphatic hydroxyl groups excluding tert-OH is 1. The number of halogens is 2. The molecule has 2 aromatic carbocycles. The van der Waals surface area contributed by atoms with E-state index < -0.39 is 6.10 Å². The van der Waals surface area contributed by atoms with Crippen molar-refractivity contribution in [2.24, 2.45) is 0 Å². The predicted octanol–water partition coefficient (Wildman–Crippen LogP) is 4.68. The molecule has 106 valence electrons. The highest BCUT2D eigenvalue weighted by atomic mass is 35.5. The summed E-state index contributed by atoms with van der Waals surface area (Å²) in [6.45, 7) is 5.70. The van der Waals surface area contributed by atoms with Crippen molar-refractivity contribution in [1.82, 2.24) is 0 Å². The second kappa shape index (κ2) is 5.94. The smallest absolute Gasteiger partial charge is 0.127 e. The number of hydrogen-bond donors (Lipinski definition) is 1. The van der Waals surface area contributed by atoms with Crippen molar-refractivity contribution in [2.45, 2.75) is 33.3 Å². The highest BCUT2D eigenvalue weighted by molar-refractivity contribution is 6.31. The second-order valence-electron chi connectivity index (χ2n) is 5.27. The minimum Gasteiger partial charge on any atom is -0.388 e. The van der Waals surface area contributed by atoms with Crippen molar-refractivity contribution >= 4 is 11.6 Å². The van der Waals surface area contributed by atoms with Crippen LogP contribution in [-0.2, 0) is 6.42 Å². The van der Waals surface area contributed by atoms with Gasteiger partial charge < -0.3 is 5.11 Å². The van der Waals surface area contributed by atoms with E-state index in [4.69, 9.17) is 11.6 Å². The third-order valence-corrected chi connectivity index (χ3v) is 3.88. The van der Waals surface area contributed by atoms with Gasteiger partial charge in [-0.3, -0.25) is 0 Å². The van der Waals surface area contributed by atoms with Crippen LogP contribution in [-0.4, -0.2) is 5.11 Å². The van der Waals surface area contributed by atoms with Crippen molar-refractivity contribution in [2.75, 3.05) is 0 Å². The maximum Gasteiger partial charge on any atom is 0.127 e. The van der Waals surface area contributed by atoms with Gasteiger partial charge in [-0.2, -0.15) is 0 Å². The summed E-state index contributed by atoms with van der Waals surface area (Å²) in [6, 6.07) is 9.02. The topological polar surface area (TPSA) is 20.2 Å². The highest BCUT2D eigenvalue weighted by Gasteiger charge is 2.15. The van der Waals surface area contributed by atoms with Crippen LogP contribution >= 0.6 is 11.6 Å². The van der Waals surface area contributed by atoms with Crippen LogP contribution in [0, 0.1) is 26.6 Å². The predicted molar refractivity (Wildman–Crippen MR) is 80.7 cm³/mol. The Labute approximate surface area is 124 Å². The molecule has 0 radical (unpaired) electrons. The largest absolute Gasteiger partial charge is 0.388 e. The fourth-order valence-corrected chi connectivity index (χ4v) is 2.55. The van der Waals surface area contributed by atoms with Gasteiger partial charge in [-0.1, -0.05) is 35.4 Å². The fraction of sp³-hybridized carbons (Fsp3) is 0.294. The lowest BCUT2D eigenvalue weighted by Gasteiger charge is -2.16. The summed E-state index contributed by atoms with van der Waals surface area (Å²) in [5.74, 6) is -0.349. The van der Waals surface area contributed by atoms with Gasteiger partial charge in [0, 0.05) is 11.4 Å². The first-order valence-electron chi connectivity index (χ1n) is 6.58. The van der Waals surface area contributed by atoms with Gasteiger partial charge in [-0.15, -0.1) is 0 Å². The first kappa shape index (κ1) is 15.0. The zero-order valence-corrected chi connectivity index (χ0v) is 12.6. The SMILES string of the molecule is Cc1ccc(C)c(CC(O)c2cc(C)c(F)cc2Cl)c1. The molecule has 1 N–H and O–H groups in total. The number of aliphatic hydroxyl groups is 1. The van der Waals surface area contributed by atoms with Crippen molar-refractivity contribution in [1.29, 1.82) is 0 Å². The molecule has 0 aliphatic carbocycles. The van der Waals surface area contributed by atoms with Gasteiger partial charge in [0.25, 0.3) is 0 Å². The van der Waals surface area contributed by atoms with Gasteiger partial charge >= 0.3 is 0 Å². The zero-order valence-electron chi connectivity index (χ0n) is 11.9. The molecule has 0 fully saturated rings. The molecule has 2 rings (SSSR count). The molecule has 0 amide bonds. The minimum absolute atomic E-state index is 0.269. The minimum atomic E-state index is -0.734. The molecule has 0 aromatic heterocycles. The molecule has 3 heteroatoms. The molecule has 0 spiro atoms. The molecule has 1 atom stereocenters. The van der Waals surface area contributed by atoms with Crippen LogP contribution in [0.2, 0.25) is 5.02 Å². The molecule has 0 bridgehead atoms. The molecule has 0 saturated carbocycles. The van der Waals surface area contributed by atoms with Crippen LogP contribution in [0.3, 0.4) is 0 Å². The Hall–Kier alpha value is -1.38. The van der Waals surface area contributed by atoms with Gasteiger partial charge in [0.2, 0.25) is 0 Å². The summed E-state index contributed by atoms with van der Waals surface area (Å²) in [5, 5.41) is 10.6. The second-order valence-corrected chi connectivity index (χ2v) is 5.68. The third kappa shape index (κ3) is 3.20. The van der Waals surface area contributed by atoms with E-state index >= 15 is 0 Å². The molecule has 20 heavy (non-hydrogen) atoms. The molecular weight excluding hydrogens is 275 g/mol. The summed E-state index contributed by atoms with van der Waals surface area (Å²) in [4.78, 5) is 0. The monoisotopic (exact) mass is 292 g/mol. The summed E-state index contributed by atoms with van der Waals surface area (Å²) >= 11 is 6.03. The first-order valence-corrected chi connectivity index (χ1v) is 6.96. The van der Waals surface area contributed by atoms with Crippen LogP contribution in [0.15, 0.2) is 30.3 Å². The summed E-state index contributed by atoms with van der Waals surface area (Å²) in [5.41, 5.74) is 4.43. The number of rotatable bonds is 3. The quantitative estimate of drug-likeness (QED) is 0.871. The maximum atomic E-state index is 13.4. The molecule has 0 aliphatic heterocycles. The van der Waals surface area contributed by atoms with Crippen LogP contribution in [0.25, 0.3) is 0 Å². The van der Waals surface area contributed by atoms with E-state index in [9.17, 15) is 9.50 Å². The van der Waals surface area contributed by atoms with Crippen LogP contribution in [0.5, 0.6) is 0 Å². The standard InChI is InChI=1S/C17H18ClFO/c1-10-4-5-11(2)13(6-10)8-17(20)14-7-12(3)16(19)9-15(14)18/h4-7,9,17,20H,8H2,1-3H3. The lowest BCUT2D eigenvalue weighted by molar-refractivity contribution is 0.178. The van der Waals surface area contributed by atoms with Crippen LogP contribution in [0.4, 0.5) is 4.39 Å². The third-order valence-electron chi connectivity index (χ3n) is 3.55. The zero-order chi connectivity index (χ0) is 14.9. The molecule has 0 aliphatic rings. The Morgan fingerprint density at radius 2 is 1.80 bits per heavy atom. The molecule has 1 nitrogen and oxygen atoms in total. The summed E-state index contributed by atoms with van der Waals surface area (Å²) < 4.78 is 13.4. The average molecular weight is 293 g/mol. The lowest BCUT2D eigenvalue weighted by Crippen LogP contribution is -2.05. The van der Waals surface area contributed by atoms with Crippen molar-refractivity contribution in [3.8, 4) is 0 Å². The van der Waals surface area contributed by atoms with E-state index in [1.807, 2.05) is 26.0 Å². The van der Waals surface area contributed by atoms with Crippen LogP contribution < -0.4 is 0 Å². The molecule has 0 heterocycles. The Kier molecular flexibility index (Phi) is 4.46. The van der Waals surface area contributed by atoms with Crippen LogP contribution in [0.1, 0.15) is 33.9 Å². The van der Waals surface area contributed by atoms with E-state index in [-0.39, 0.29) is 10.8 Å². The van der Waals surface area contributed by atoms with E-state index in [0.717, 1.165) is 16.7 Å². The highest BCUT2D eigenvalue weighted by Crippen LogP contribution is 2.29. The summed E-state index contributed by atoms with van der Waals surface area (Å²) in [6.07, 6.45) is -0.263. The van der Waals surface area contributed by atoms with Gasteiger partial charge in [0.15, 0.2) is 0 Å². The molecule has 2 aromatic rings. The Balaban J connectivity index is 2.30. The van der Waals surface area contributed by atoms with E-state index in [1.165, 1.54) is 6.07 Å². The number of benzene rings is 2. The van der Waals surface area contributed by atoms with Gasteiger partial charge in [-0.05, 0) is 55.2 Å². The molecular formula is C17H18ClFO. The van der Waals surface area contributed by atoms with Crippen molar-refractivity contribution < 1.29 is 9.50 Å². The Morgan fingerprint density at radius 3 is 2.50 bits per heavy atom. The average Bonchev–Trinajstić information content (AvgIpc) is 2.38. The fourth-order valence-electron chi connectivity index (χ4n) is 2.27.